The Bertz CT molecular complexity index is 1490. The van der Waals surface area contributed by atoms with Crippen LogP contribution in [0.4, 0.5) is 22.0 Å². The van der Waals surface area contributed by atoms with Crippen molar-refractivity contribution >= 4 is 0 Å². The van der Waals surface area contributed by atoms with E-state index in [-0.39, 0.29) is 28.8 Å². The van der Waals surface area contributed by atoms with Crippen molar-refractivity contribution in [1.82, 2.24) is 4.57 Å². The molecule has 1 unspecified atom stereocenters. The molecule has 0 bridgehead atoms. The summed E-state index contributed by atoms with van der Waals surface area (Å²) in [6.45, 7) is 2.60. The van der Waals surface area contributed by atoms with Crippen LogP contribution in [-0.4, -0.2) is 4.57 Å². The second kappa shape index (κ2) is 10.3. The first-order chi connectivity index (χ1) is 17.5. The standard InChI is InChI=1S/C29H25F5N2O/c1-17-21(15-26(35)19-9-4-3-5-10-19)28(37)27(20-11-6-7-13-24(20)30)18(2)36(17)16-22-23(29(32,33)34)12-8-14-25(22)31/h3-14,26H,15-16,35H2,1-2H3. The first kappa shape index (κ1) is 26.3. The third kappa shape index (κ3) is 5.20. The van der Waals surface area contributed by atoms with E-state index >= 15 is 0 Å². The summed E-state index contributed by atoms with van der Waals surface area (Å²) in [6, 6.07) is 16.9. The van der Waals surface area contributed by atoms with E-state index in [1.54, 1.807) is 37.3 Å². The zero-order valence-corrected chi connectivity index (χ0v) is 20.2. The molecule has 0 aliphatic carbocycles. The largest absolute Gasteiger partial charge is 0.416 e. The topological polar surface area (TPSA) is 48.0 Å². The Labute approximate surface area is 211 Å². The van der Waals surface area contributed by atoms with Gasteiger partial charge in [-0.15, -0.1) is 0 Å². The molecule has 4 rings (SSSR count). The van der Waals surface area contributed by atoms with E-state index in [1.165, 1.54) is 29.7 Å². The minimum absolute atomic E-state index is 0.00357. The fourth-order valence-electron chi connectivity index (χ4n) is 4.67. The van der Waals surface area contributed by atoms with Crippen LogP contribution in [0.1, 0.15) is 39.7 Å². The maximum absolute atomic E-state index is 14.9. The molecule has 0 aliphatic rings. The van der Waals surface area contributed by atoms with E-state index < -0.39 is 47.0 Å². The Hall–Kier alpha value is -3.78. The van der Waals surface area contributed by atoms with Crippen LogP contribution in [-0.2, 0) is 19.1 Å². The summed E-state index contributed by atoms with van der Waals surface area (Å²) < 4.78 is 72.3. The zero-order chi connectivity index (χ0) is 26.9. The van der Waals surface area contributed by atoms with E-state index in [0.717, 1.165) is 23.8 Å². The molecule has 1 heterocycles. The third-order valence-electron chi connectivity index (χ3n) is 6.64. The summed E-state index contributed by atoms with van der Waals surface area (Å²) in [4.78, 5) is 13.7. The number of hydrogen-bond acceptors (Lipinski definition) is 2. The Morgan fingerprint density at radius 2 is 1.43 bits per heavy atom. The average molecular weight is 513 g/mol. The van der Waals surface area contributed by atoms with Gasteiger partial charge in [0.15, 0.2) is 5.43 Å². The van der Waals surface area contributed by atoms with Crippen molar-refractivity contribution in [2.45, 2.75) is 39.0 Å². The molecule has 1 aromatic heterocycles. The molecule has 0 amide bonds. The van der Waals surface area contributed by atoms with Crippen LogP contribution in [0, 0.1) is 25.5 Å². The molecule has 2 N–H and O–H groups in total. The van der Waals surface area contributed by atoms with E-state index in [2.05, 4.69) is 0 Å². The number of nitrogens with zero attached hydrogens (tertiary/aromatic N) is 1. The van der Waals surface area contributed by atoms with Gasteiger partial charge in [-0.05, 0) is 44.0 Å². The van der Waals surface area contributed by atoms with Crippen molar-refractivity contribution in [2.75, 3.05) is 0 Å². The lowest BCUT2D eigenvalue weighted by Crippen LogP contribution is -2.27. The Morgan fingerprint density at radius 1 is 0.811 bits per heavy atom. The predicted molar refractivity (Wildman–Crippen MR) is 133 cm³/mol. The molecular weight excluding hydrogens is 487 g/mol. The normalized spacial score (nSPS) is 12.5. The molecule has 8 heteroatoms. The Kier molecular flexibility index (Phi) is 7.32. The minimum atomic E-state index is -4.79. The second-order valence-corrected chi connectivity index (χ2v) is 8.90. The number of aromatic nitrogens is 1. The van der Waals surface area contributed by atoms with Gasteiger partial charge in [0, 0.05) is 34.1 Å². The highest BCUT2D eigenvalue weighted by molar-refractivity contribution is 5.68. The van der Waals surface area contributed by atoms with Crippen LogP contribution in [0.15, 0.2) is 77.6 Å². The van der Waals surface area contributed by atoms with E-state index in [0.29, 0.717) is 5.69 Å². The molecule has 192 valence electrons. The quantitative estimate of drug-likeness (QED) is 0.292. The van der Waals surface area contributed by atoms with E-state index in [9.17, 15) is 26.7 Å². The van der Waals surface area contributed by atoms with Gasteiger partial charge in [0.25, 0.3) is 0 Å². The van der Waals surface area contributed by atoms with Crippen molar-refractivity contribution < 1.29 is 22.0 Å². The molecule has 1 atom stereocenters. The molecule has 0 fully saturated rings. The summed E-state index contributed by atoms with van der Waals surface area (Å²) >= 11 is 0. The van der Waals surface area contributed by atoms with Crippen LogP contribution in [0.3, 0.4) is 0 Å². The zero-order valence-electron chi connectivity index (χ0n) is 20.2. The number of halogens is 5. The van der Waals surface area contributed by atoms with E-state index in [1.807, 2.05) is 6.07 Å². The minimum Gasteiger partial charge on any atom is -0.344 e. The highest BCUT2D eigenvalue weighted by Crippen LogP contribution is 2.35. The summed E-state index contributed by atoms with van der Waals surface area (Å²) in [5.41, 5.74) is 5.82. The molecule has 3 nitrogen and oxygen atoms in total. The van der Waals surface area contributed by atoms with Gasteiger partial charge >= 0.3 is 6.18 Å². The highest BCUT2D eigenvalue weighted by Gasteiger charge is 2.35. The van der Waals surface area contributed by atoms with Crippen LogP contribution in [0.2, 0.25) is 0 Å². The van der Waals surface area contributed by atoms with Gasteiger partial charge in [-0.3, -0.25) is 4.79 Å². The molecular formula is C29H25F5N2O. The number of nitrogens with two attached hydrogens (primary N) is 1. The van der Waals surface area contributed by atoms with Gasteiger partial charge in [-0.1, -0.05) is 54.6 Å². The first-order valence-corrected chi connectivity index (χ1v) is 11.6. The van der Waals surface area contributed by atoms with Gasteiger partial charge in [-0.25, -0.2) is 8.78 Å². The predicted octanol–water partition coefficient (Wildman–Crippen LogP) is 6.72. The van der Waals surface area contributed by atoms with Crippen LogP contribution >= 0.6 is 0 Å². The van der Waals surface area contributed by atoms with Crippen molar-refractivity contribution in [1.29, 1.82) is 0 Å². The number of hydrogen-bond donors (Lipinski definition) is 1. The van der Waals surface area contributed by atoms with Crippen LogP contribution in [0.25, 0.3) is 11.1 Å². The number of benzene rings is 3. The lowest BCUT2D eigenvalue weighted by atomic mass is 9.93. The molecule has 0 saturated heterocycles. The van der Waals surface area contributed by atoms with Gasteiger partial charge in [0.05, 0.1) is 17.7 Å². The molecule has 3 aromatic carbocycles. The third-order valence-corrected chi connectivity index (χ3v) is 6.64. The molecule has 37 heavy (non-hydrogen) atoms. The van der Waals surface area contributed by atoms with Gasteiger partial charge < -0.3 is 10.3 Å². The molecule has 0 radical (unpaired) electrons. The molecule has 0 saturated carbocycles. The smallest absolute Gasteiger partial charge is 0.344 e. The Balaban J connectivity index is 1.96. The van der Waals surface area contributed by atoms with Crippen LogP contribution in [0.5, 0.6) is 0 Å². The maximum Gasteiger partial charge on any atom is 0.416 e. The van der Waals surface area contributed by atoms with Crippen molar-refractivity contribution in [3.8, 4) is 11.1 Å². The molecule has 0 aliphatic heterocycles. The van der Waals surface area contributed by atoms with Crippen molar-refractivity contribution in [3.63, 3.8) is 0 Å². The lowest BCUT2D eigenvalue weighted by Gasteiger charge is -2.24. The average Bonchev–Trinajstić information content (AvgIpc) is 2.86. The van der Waals surface area contributed by atoms with Crippen molar-refractivity contribution in [2.24, 2.45) is 5.73 Å². The van der Waals surface area contributed by atoms with Gasteiger partial charge in [0.1, 0.15) is 11.6 Å². The Morgan fingerprint density at radius 3 is 2.08 bits per heavy atom. The monoisotopic (exact) mass is 512 g/mol. The summed E-state index contributed by atoms with van der Waals surface area (Å²) in [5, 5.41) is 0. The van der Waals surface area contributed by atoms with E-state index in [4.69, 9.17) is 5.73 Å². The number of rotatable bonds is 6. The maximum atomic E-state index is 14.9. The van der Waals surface area contributed by atoms with Crippen molar-refractivity contribution in [3.05, 3.63) is 128 Å². The summed E-state index contributed by atoms with van der Waals surface area (Å²) in [6.07, 6.45) is -4.73. The van der Waals surface area contributed by atoms with Gasteiger partial charge in [0.2, 0.25) is 0 Å². The summed E-state index contributed by atoms with van der Waals surface area (Å²) in [5.74, 6) is -1.68. The molecule has 0 spiro atoms. The number of pyridine rings is 1. The second-order valence-electron chi connectivity index (χ2n) is 8.90. The SMILES string of the molecule is Cc1c(CC(N)c2ccccc2)c(=O)c(-c2ccccc2F)c(C)n1Cc1c(F)cccc1C(F)(F)F. The fourth-order valence-corrected chi connectivity index (χ4v) is 4.67. The lowest BCUT2D eigenvalue weighted by molar-refractivity contribution is -0.138. The summed E-state index contributed by atoms with van der Waals surface area (Å²) in [7, 11) is 0. The highest BCUT2D eigenvalue weighted by atomic mass is 19.4. The van der Waals surface area contributed by atoms with Crippen LogP contribution < -0.4 is 11.2 Å². The molecule has 4 aromatic rings. The van der Waals surface area contributed by atoms with Gasteiger partial charge in [-0.2, -0.15) is 13.2 Å². The fraction of sp³-hybridized carbons (Fsp3) is 0.207. The first-order valence-electron chi connectivity index (χ1n) is 11.6. The number of alkyl halides is 3.